The molecule has 0 saturated carbocycles. The van der Waals surface area contributed by atoms with Crippen LogP contribution in [-0.2, 0) is 10.1 Å². The SMILES string of the molecule is Cc1ccc(S(=O)(=O)Oc2ccc(N(C)CCO)c3c2C(=O)c2ccccc2C3=O)cc1. The van der Waals surface area contributed by atoms with Crippen LogP contribution in [0.15, 0.2) is 65.6 Å². The number of rotatable bonds is 6. The Morgan fingerprint density at radius 2 is 1.47 bits per heavy atom. The number of aliphatic hydroxyl groups is 1. The van der Waals surface area contributed by atoms with E-state index in [1.54, 1.807) is 42.3 Å². The molecule has 3 aromatic carbocycles. The van der Waals surface area contributed by atoms with Crippen molar-refractivity contribution in [1.82, 2.24) is 0 Å². The van der Waals surface area contributed by atoms with Gasteiger partial charge in [-0.15, -0.1) is 0 Å². The second-order valence-electron chi connectivity index (χ2n) is 7.53. The van der Waals surface area contributed by atoms with E-state index in [2.05, 4.69) is 0 Å². The average Bonchev–Trinajstić information content (AvgIpc) is 2.77. The number of benzene rings is 3. The second-order valence-corrected chi connectivity index (χ2v) is 9.08. The number of aliphatic hydroxyl groups excluding tert-OH is 1. The van der Waals surface area contributed by atoms with Crippen LogP contribution in [0, 0.1) is 6.92 Å². The summed E-state index contributed by atoms with van der Waals surface area (Å²) in [7, 11) is -2.57. The molecule has 0 radical (unpaired) electrons. The molecule has 0 fully saturated rings. The van der Waals surface area contributed by atoms with Gasteiger partial charge in [-0.2, -0.15) is 8.42 Å². The van der Waals surface area contributed by atoms with Crippen molar-refractivity contribution in [2.45, 2.75) is 11.8 Å². The Hall–Kier alpha value is -3.49. The summed E-state index contributed by atoms with van der Waals surface area (Å²) in [6, 6.07) is 15.4. The molecule has 0 bridgehead atoms. The maximum absolute atomic E-state index is 13.4. The predicted molar refractivity (Wildman–Crippen MR) is 119 cm³/mol. The Labute approximate surface area is 186 Å². The third kappa shape index (κ3) is 3.68. The zero-order valence-corrected chi connectivity index (χ0v) is 18.3. The van der Waals surface area contributed by atoms with E-state index in [-0.39, 0.29) is 46.1 Å². The van der Waals surface area contributed by atoms with Gasteiger partial charge in [-0.3, -0.25) is 9.59 Å². The van der Waals surface area contributed by atoms with Crippen LogP contribution in [0.3, 0.4) is 0 Å². The second kappa shape index (κ2) is 8.22. The topological polar surface area (TPSA) is 101 Å². The maximum atomic E-state index is 13.4. The standard InChI is InChI=1S/C24H21NO6S/c1-15-7-9-16(10-8-15)32(29,30)31-20-12-11-19(25(2)13-14-26)21-22(20)24(28)18-6-4-3-5-17(18)23(21)27/h3-12,26H,13-14H2,1-2H3. The quantitative estimate of drug-likeness (QED) is 0.450. The van der Waals surface area contributed by atoms with E-state index in [0.29, 0.717) is 5.69 Å². The number of fused-ring (bicyclic) bond motifs is 2. The molecule has 3 aromatic rings. The number of carbonyl (C=O) groups excluding carboxylic acids is 2. The van der Waals surface area contributed by atoms with Crippen LogP contribution in [0.1, 0.15) is 37.4 Å². The van der Waals surface area contributed by atoms with Crippen molar-refractivity contribution in [3.8, 4) is 5.75 Å². The molecule has 0 unspecified atom stereocenters. The first-order chi connectivity index (χ1) is 15.2. The van der Waals surface area contributed by atoms with Crippen LogP contribution in [0.4, 0.5) is 5.69 Å². The van der Waals surface area contributed by atoms with E-state index in [1.807, 2.05) is 6.92 Å². The fourth-order valence-electron chi connectivity index (χ4n) is 3.71. The summed E-state index contributed by atoms with van der Waals surface area (Å²) in [5.74, 6) is -1.12. The van der Waals surface area contributed by atoms with Crippen LogP contribution < -0.4 is 9.08 Å². The van der Waals surface area contributed by atoms with Crippen LogP contribution in [0.5, 0.6) is 5.75 Å². The third-order valence-corrected chi connectivity index (χ3v) is 6.62. The summed E-state index contributed by atoms with van der Waals surface area (Å²) >= 11 is 0. The summed E-state index contributed by atoms with van der Waals surface area (Å²) in [5, 5.41) is 9.33. The normalized spacial score (nSPS) is 12.8. The molecule has 7 nitrogen and oxygen atoms in total. The molecule has 164 valence electrons. The fourth-order valence-corrected chi connectivity index (χ4v) is 4.65. The molecule has 1 aliphatic carbocycles. The van der Waals surface area contributed by atoms with Gasteiger partial charge in [-0.1, -0.05) is 42.0 Å². The number of likely N-dealkylation sites (N-methyl/N-ethyl adjacent to an activating group) is 1. The average molecular weight is 452 g/mol. The molecule has 0 heterocycles. The van der Waals surface area contributed by atoms with Crippen molar-refractivity contribution in [3.63, 3.8) is 0 Å². The molecule has 0 amide bonds. The van der Waals surface area contributed by atoms with Crippen molar-refractivity contribution in [1.29, 1.82) is 0 Å². The first-order valence-electron chi connectivity index (χ1n) is 9.93. The number of hydrogen-bond donors (Lipinski definition) is 1. The van der Waals surface area contributed by atoms with E-state index < -0.39 is 21.7 Å². The Morgan fingerprint density at radius 3 is 2.06 bits per heavy atom. The van der Waals surface area contributed by atoms with Crippen LogP contribution in [0.25, 0.3) is 0 Å². The van der Waals surface area contributed by atoms with E-state index in [0.717, 1.165) is 5.56 Å². The molecule has 0 spiro atoms. The Bertz CT molecular complexity index is 1330. The molecule has 0 aliphatic heterocycles. The van der Waals surface area contributed by atoms with Crippen molar-refractivity contribution in [2.24, 2.45) is 0 Å². The lowest BCUT2D eigenvalue weighted by Crippen LogP contribution is -2.28. The highest BCUT2D eigenvalue weighted by Gasteiger charge is 2.36. The van der Waals surface area contributed by atoms with Gasteiger partial charge in [-0.05, 0) is 31.2 Å². The van der Waals surface area contributed by atoms with E-state index in [1.165, 1.54) is 30.3 Å². The van der Waals surface area contributed by atoms with Crippen molar-refractivity contribution < 1.29 is 27.3 Å². The van der Waals surface area contributed by atoms with Gasteiger partial charge < -0.3 is 14.2 Å². The van der Waals surface area contributed by atoms with Crippen molar-refractivity contribution >= 4 is 27.4 Å². The third-order valence-electron chi connectivity index (χ3n) is 5.37. The van der Waals surface area contributed by atoms with Gasteiger partial charge in [0.2, 0.25) is 0 Å². The minimum atomic E-state index is -4.24. The molecule has 0 aromatic heterocycles. The van der Waals surface area contributed by atoms with Crippen molar-refractivity contribution in [2.75, 3.05) is 25.1 Å². The largest absolute Gasteiger partial charge is 0.395 e. The van der Waals surface area contributed by atoms with Crippen LogP contribution >= 0.6 is 0 Å². The zero-order valence-electron chi connectivity index (χ0n) is 17.5. The fraction of sp³-hybridized carbons (Fsp3) is 0.167. The molecule has 1 N–H and O–H groups in total. The lowest BCUT2D eigenvalue weighted by Gasteiger charge is -2.27. The number of anilines is 1. The molecule has 8 heteroatoms. The maximum Gasteiger partial charge on any atom is 0.339 e. The molecule has 1 aliphatic rings. The predicted octanol–water partition coefficient (Wildman–Crippen LogP) is 2.97. The van der Waals surface area contributed by atoms with Gasteiger partial charge in [0.25, 0.3) is 0 Å². The smallest absolute Gasteiger partial charge is 0.339 e. The molecule has 32 heavy (non-hydrogen) atoms. The Balaban J connectivity index is 1.89. The highest BCUT2D eigenvalue weighted by Crippen LogP contribution is 2.39. The zero-order chi connectivity index (χ0) is 23.0. The number of carbonyl (C=O) groups is 2. The lowest BCUT2D eigenvalue weighted by atomic mass is 9.82. The number of ketones is 2. The first kappa shape index (κ1) is 21.7. The number of nitrogens with zero attached hydrogens (tertiary/aromatic N) is 1. The van der Waals surface area contributed by atoms with E-state index in [4.69, 9.17) is 4.18 Å². The van der Waals surface area contributed by atoms with Gasteiger partial charge in [0.1, 0.15) is 4.90 Å². The number of hydrogen-bond acceptors (Lipinski definition) is 7. The monoisotopic (exact) mass is 451 g/mol. The lowest BCUT2D eigenvalue weighted by molar-refractivity contribution is 0.0978. The summed E-state index contributed by atoms with van der Waals surface area (Å²) in [6.07, 6.45) is 0. The van der Waals surface area contributed by atoms with Gasteiger partial charge in [0, 0.05) is 30.4 Å². The van der Waals surface area contributed by atoms with Gasteiger partial charge in [0.15, 0.2) is 17.3 Å². The minimum Gasteiger partial charge on any atom is -0.395 e. The van der Waals surface area contributed by atoms with E-state index in [9.17, 15) is 23.1 Å². The van der Waals surface area contributed by atoms with Gasteiger partial charge in [-0.25, -0.2) is 0 Å². The summed E-state index contributed by atoms with van der Waals surface area (Å²) in [6.45, 7) is 1.89. The molecule has 4 rings (SSSR count). The highest BCUT2D eigenvalue weighted by atomic mass is 32.2. The first-order valence-corrected chi connectivity index (χ1v) is 11.3. The summed E-state index contributed by atoms with van der Waals surface area (Å²) < 4.78 is 31.2. The van der Waals surface area contributed by atoms with Gasteiger partial charge >= 0.3 is 10.1 Å². The van der Waals surface area contributed by atoms with Gasteiger partial charge in [0.05, 0.1) is 17.7 Å². The minimum absolute atomic E-state index is 0.0567. The highest BCUT2D eigenvalue weighted by molar-refractivity contribution is 7.87. The van der Waals surface area contributed by atoms with Crippen LogP contribution in [0.2, 0.25) is 0 Å². The molecular weight excluding hydrogens is 430 g/mol. The Morgan fingerprint density at radius 1 is 0.875 bits per heavy atom. The van der Waals surface area contributed by atoms with E-state index >= 15 is 0 Å². The number of aryl methyl sites for hydroxylation is 1. The summed E-state index contributed by atoms with van der Waals surface area (Å²) in [5.41, 5.74) is 1.66. The van der Waals surface area contributed by atoms with Crippen molar-refractivity contribution in [3.05, 3.63) is 88.5 Å². The Kier molecular flexibility index (Phi) is 5.58. The van der Waals surface area contributed by atoms with Crippen LogP contribution in [-0.4, -0.2) is 45.3 Å². The summed E-state index contributed by atoms with van der Waals surface area (Å²) in [4.78, 5) is 28.3. The molecular formula is C24H21NO6S. The molecule has 0 atom stereocenters. The molecule has 0 saturated heterocycles.